The van der Waals surface area contributed by atoms with E-state index >= 15 is 0 Å². The largest absolute Gasteiger partial charge is 0.346 e. The smallest absolute Gasteiger partial charge is 0.222 e. The van der Waals surface area contributed by atoms with Gasteiger partial charge in [0.25, 0.3) is 0 Å². The molecule has 0 aliphatic carbocycles. The van der Waals surface area contributed by atoms with E-state index in [2.05, 4.69) is 36.4 Å². The monoisotopic (exact) mass is 276 g/mol. The molecule has 0 radical (unpaired) electrons. The molecule has 0 saturated carbocycles. The maximum absolute atomic E-state index is 6.10. The van der Waals surface area contributed by atoms with E-state index in [0.29, 0.717) is 6.61 Å². The first-order valence-electron chi connectivity index (χ1n) is 7.10. The molecule has 0 fully saturated rings. The van der Waals surface area contributed by atoms with Crippen LogP contribution in [0.5, 0.6) is 0 Å². The molecule has 0 aromatic heterocycles. The molecule has 1 aliphatic heterocycles. The fraction of sp³-hybridized carbons (Fsp3) is 0.158. The van der Waals surface area contributed by atoms with Crippen molar-refractivity contribution in [3.63, 3.8) is 0 Å². The van der Waals surface area contributed by atoms with Crippen molar-refractivity contribution in [3.05, 3.63) is 83.4 Å². The first-order valence-corrected chi connectivity index (χ1v) is 7.10. The summed E-state index contributed by atoms with van der Waals surface area (Å²) in [7, 11) is 1.71. The van der Waals surface area contributed by atoms with Gasteiger partial charge in [-0.3, -0.25) is 0 Å². The van der Waals surface area contributed by atoms with Gasteiger partial charge in [0.1, 0.15) is 0 Å². The Morgan fingerprint density at radius 3 is 2.29 bits per heavy atom. The molecule has 3 aromatic carbocycles. The predicted octanol–water partition coefficient (Wildman–Crippen LogP) is 4.22. The lowest BCUT2D eigenvalue weighted by atomic mass is 9.93. The summed E-state index contributed by atoms with van der Waals surface area (Å²) in [5, 5.41) is 2.44. The van der Waals surface area contributed by atoms with Gasteiger partial charge in [0.2, 0.25) is 5.79 Å². The van der Waals surface area contributed by atoms with E-state index in [1.165, 1.54) is 16.3 Å². The second-order valence-corrected chi connectivity index (χ2v) is 5.33. The summed E-state index contributed by atoms with van der Waals surface area (Å²) in [6.45, 7) is 0.572. The van der Waals surface area contributed by atoms with Gasteiger partial charge in [0.15, 0.2) is 0 Å². The lowest BCUT2D eigenvalue weighted by Gasteiger charge is -2.28. The standard InChI is InChI=1S/C19H16O2/c1-20-19(17-9-3-2-4-10-17)18-12-15-8-6-5-7-14(15)11-16(18)13-21-19/h2-12H,13H2,1H3. The SMILES string of the molecule is COC1(c2ccccc2)OCc2cc3ccccc3cc21. The molecule has 0 saturated heterocycles. The number of ether oxygens (including phenoxy) is 2. The van der Waals surface area contributed by atoms with Crippen molar-refractivity contribution in [2.45, 2.75) is 12.4 Å². The van der Waals surface area contributed by atoms with Crippen molar-refractivity contribution < 1.29 is 9.47 Å². The van der Waals surface area contributed by atoms with E-state index in [0.717, 1.165) is 11.1 Å². The van der Waals surface area contributed by atoms with Crippen LogP contribution < -0.4 is 0 Å². The summed E-state index contributed by atoms with van der Waals surface area (Å²) < 4.78 is 11.9. The summed E-state index contributed by atoms with van der Waals surface area (Å²) in [4.78, 5) is 0. The summed E-state index contributed by atoms with van der Waals surface area (Å²) in [6, 6.07) is 22.9. The average molecular weight is 276 g/mol. The third-order valence-electron chi connectivity index (χ3n) is 4.20. The number of rotatable bonds is 2. The molecule has 0 spiro atoms. The second-order valence-electron chi connectivity index (χ2n) is 5.33. The minimum atomic E-state index is -0.791. The van der Waals surface area contributed by atoms with Crippen molar-refractivity contribution in [2.24, 2.45) is 0 Å². The van der Waals surface area contributed by atoms with Crippen LogP contribution in [0.3, 0.4) is 0 Å². The second kappa shape index (κ2) is 4.69. The molecular weight excluding hydrogens is 260 g/mol. The van der Waals surface area contributed by atoms with Crippen molar-refractivity contribution in [2.75, 3.05) is 7.11 Å². The van der Waals surface area contributed by atoms with Crippen LogP contribution in [0.25, 0.3) is 10.8 Å². The third-order valence-corrected chi connectivity index (χ3v) is 4.20. The van der Waals surface area contributed by atoms with Gasteiger partial charge in [-0.2, -0.15) is 0 Å². The number of benzene rings is 3. The Bertz CT molecular complexity index is 795. The van der Waals surface area contributed by atoms with E-state index in [-0.39, 0.29) is 0 Å². The van der Waals surface area contributed by atoms with Gasteiger partial charge < -0.3 is 9.47 Å². The van der Waals surface area contributed by atoms with Gasteiger partial charge in [-0.25, -0.2) is 0 Å². The van der Waals surface area contributed by atoms with Crippen molar-refractivity contribution in [1.82, 2.24) is 0 Å². The Balaban J connectivity index is 1.97. The summed E-state index contributed by atoms with van der Waals surface area (Å²) in [5.74, 6) is -0.791. The summed E-state index contributed by atoms with van der Waals surface area (Å²) in [6.07, 6.45) is 0. The van der Waals surface area contributed by atoms with Gasteiger partial charge >= 0.3 is 0 Å². The Kier molecular flexibility index (Phi) is 2.81. The quantitative estimate of drug-likeness (QED) is 0.697. The van der Waals surface area contributed by atoms with E-state index in [4.69, 9.17) is 9.47 Å². The Hall–Kier alpha value is -2.16. The lowest BCUT2D eigenvalue weighted by molar-refractivity contribution is -0.192. The molecule has 2 nitrogen and oxygen atoms in total. The zero-order chi connectivity index (χ0) is 14.3. The third kappa shape index (κ3) is 1.80. The van der Waals surface area contributed by atoms with Gasteiger partial charge in [0, 0.05) is 18.2 Å². The highest BCUT2D eigenvalue weighted by Crippen LogP contribution is 2.43. The molecule has 2 heteroatoms. The zero-order valence-corrected chi connectivity index (χ0v) is 11.9. The van der Waals surface area contributed by atoms with Crippen LogP contribution in [0.4, 0.5) is 0 Å². The van der Waals surface area contributed by atoms with Gasteiger partial charge in [-0.05, 0) is 28.5 Å². The zero-order valence-electron chi connectivity index (χ0n) is 11.9. The van der Waals surface area contributed by atoms with Crippen molar-refractivity contribution in [1.29, 1.82) is 0 Å². The van der Waals surface area contributed by atoms with Crippen molar-refractivity contribution >= 4 is 10.8 Å². The summed E-state index contributed by atoms with van der Waals surface area (Å²) >= 11 is 0. The molecule has 0 amide bonds. The molecule has 0 N–H and O–H groups in total. The van der Waals surface area contributed by atoms with Crippen LogP contribution in [0.2, 0.25) is 0 Å². The van der Waals surface area contributed by atoms with E-state index in [1.807, 2.05) is 30.3 Å². The molecule has 1 unspecified atom stereocenters. The number of methoxy groups -OCH3 is 1. The molecule has 1 atom stereocenters. The topological polar surface area (TPSA) is 18.5 Å². The summed E-state index contributed by atoms with van der Waals surface area (Å²) in [5.41, 5.74) is 3.33. The van der Waals surface area contributed by atoms with Crippen LogP contribution in [-0.2, 0) is 21.9 Å². The molecule has 1 heterocycles. The molecule has 3 aromatic rings. The Labute approximate surface area is 123 Å². The molecule has 4 rings (SSSR count). The number of hydrogen-bond donors (Lipinski definition) is 0. The average Bonchev–Trinajstić information content (AvgIpc) is 2.92. The fourth-order valence-corrected chi connectivity index (χ4v) is 3.15. The first-order chi connectivity index (χ1) is 10.3. The minimum absolute atomic E-state index is 0.572. The molecule has 1 aliphatic rings. The van der Waals surface area contributed by atoms with Crippen LogP contribution in [0.15, 0.2) is 66.7 Å². The number of hydrogen-bond acceptors (Lipinski definition) is 2. The normalized spacial score (nSPS) is 20.6. The van der Waals surface area contributed by atoms with Crippen LogP contribution in [0, 0.1) is 0 Å². The Morgan fingerprint density at radius 2 is 1.57 bits per heavy atom. The molecule has 0 bridgehead atoms. The predicted molar refractivity (Wildman–Crippen MR) is 83.0 cm³/mol. The number of fused-ring (bicyclic) bond motifs is 2. The van der Waals surface area contributed by atoms with Crippen LogP contribution >= 0.6 is 0 Å². The van der Waals surface area contributed by atoms with Crippen LogP contribution in [0.1, 0.15) is 16.7 Å². The lowest BCUT2D eigenvalue weighted by Crippen LogP contribution is -2.29. The van der Waals surface area contributed by atoms with Gasteiger partial charge in [-0.1, -0.05) is 54.6 Å². The fourth-order valence-electron chi connectivity index (χ4n) is 3.15. The highest BCUT2D eigenvalue weighted by Gasteiger charge is 2.42. The van der Waals surface area contributed by atoms with E-state index in [1.54, 1.807) is 7.11 Å². The maximum atomic E-state index is 6.10. The molecular formula is C19H16O2. The first kappa shape index (κ1) is 12.6. The van der Waals surface area contributed by atoms with Crippen molar-refractivity contribution in [3.8, 4) is 0 Å². The Morgan fingerprint density at radius 1 is 0.905 bits per heavy atom. The van der Waals surface area contributed by atoms with E-state index in [9.17, 15) is 0 Å². The molecule has 21 heavy (non-hydrogen) atoms. The maximum Gasteiger partial charge on any atom is 0.222 e. The molecule has 104 valence electrons. The van der Waals surface area contributed by atoms with Gasteiger partial charge in [0.05, 0.1) is 6.61 Å². The van der Waals surface area contributed by atoms with Gasteiger partial charge in [-0.15, -0.1) is 0 Å². The highest BCUT2D eigenvalue weighted by atomic mass is 16.7. The minimum Gasteiger partial charge on any atom is -0.346 e. The highest BCUT2D eigenvalue weighted by molar-refractivity contribution is 5.84. The van der Waals surface area contributed by atoms with E-state index < -0.39 is 5.79 Å². The van der Waals surface area contributed by atoms with Crippen LogP contribution in [-0.4, -0.2) is 7.11 Å².